The van der Waals surface area contributed by atoms with Crippen LogP contribution in [0.1, 0.15) is 11.8 Å². The first kappa shape index (κ1) is 9.26. The molecule has 1 aromatic carbocycles. The summed E-state index contributed by atoms with van der Waals surface area (Å²) < 4.78 is 1.15. The minimum Gasteiger partial charge on any atom is -0.373 e. The molecule has 1 heterocycles. The zero-order valence-electron chi connectivity index (χ0n) is 7.82. The van der Waals surface area contributed by atoms with E-state index in [1.807, 2.05) is 30.3 Å². The number of rotatable bonds is 1. The molecule has 2 heteroatoms. The number of fused-ring (bicyclic) bond motifs is 1. The lowest BCUT2D eigenvalue weighted by Crippen LogP contribution is -2.15. The number of hydrogen-bond acceptors (Lipinski definition) is 2. The molecule has 0 spiro atoms. The Bertz CT molecular complexity index is 469. The Morgan fingerprint density at radius 2 is 2.14 bits per heavy atom. The third-order valence-corrected chi connectivity index (χ3v) is 3.51. The lowest BCUT2D eigenvalue weighted by Gasteiger charge is -2.12. The maximum absolute atomic E-state index is 9.87. The van der Waals surface area contributed by atoms with Crippen LogP contribution < -0.4 is 0 Å². The highest BCUT2D eigenvalue weighted by Crippen LogP contribution is 2.32. The third kappa shape index (κ3) is 1.41. The Kier molecular flexibility index (Phi) is 2.07. The second-order valence-electron chi connectivity index (χ2n) is 3.37. The zero-order chi connectivity index (χ0) is 10.2. The molecular formula is C12H10OS. The van der Waals surface area contributed by atoms with Crippen LogP contribution >= 0.6 is 11.3 Å². The van der Waals surface area contributed by atoms with Crippen molar-refractivity contribution in [2.75, 3.05) is 0 Å². The van der Waals surface area contributed by atoms with Crippen LogP contribution in [0.4, 0.5) is 0 Å². The highest BCUT2D eigenvalue weighted by Gasteiger charge is 2.21. The van der Waals surface area contributed by atoms with Gasteiger partial charge in [0.15, 0.2) is 5.60 Å². The molecule has 0 amide bonds. The van der Waals surface area contributed by atoms with Gasteiger partial charge in [0.2, 0.25) is 0 Å². The maximum atomic E-state index is 9.87. The fourth-order valence-electron chi connectivity index (χ4n) is 1.29. The van der Waals surface area contributed by atoms with Crippen LogP contribution in [0.3, 0.4) is 0 Å². The molecule has 14 heavy (non-hydrogen) atoms. The van der Waals surface area contributed by atoms with E-state index in [1.165, 1.54) is 11.3 Å². The van der Waals surface area contributed by atoms with Gasteiger partial charge in [-0.15, -0.1) is 17.8 Å². The van der Waals surface area contributed by atoms with Gasteiger partial charge < -0.3 is 5.11 Å². The Balaban J connectivity index is 2.62. The van der Waals surface area contributed by atoms with Gasteiger partial charge in [0, 0.05) is 9.58 Å². The zero-order valence-corrected chi connectivity index (χ0v) is 8.64. The lowest BCUT2D eigenvalue weighted by atomic mass is 10.1. The molecule has 2 aromatic rings. The average molecular weight is 202 g/mol. The van der Waals surface area contributed by atoms with Crippen molar-refractivity contribution in [2.45, 2.75) is 12.5 Å². The van der Waals surface area contributed by atoms with Gasteiger partial charge in [-0.2, -0.15) is 0 Å². The Hall–Kier alpha value is -1.30. The Morgan fingerprint density at radius 1 is 1.43 bits per heavy atom. The molecule has 1 atom stereocenters. The van der Waals surface area contributed by atoms with Crippen molar-refractivity contribution >= 4 is 21.4 Å². The summed E-state index contributed by atoms with van der Waals surface area (Å²) in [5, 5.41) is 11.0. The van der Waals surface area contributed by atoms with Crippen LogP contribution in [-0.4, -0.2) is 5.11 Å². The highest BCUT2D eigenvalue weighted by molar-refractivity contribution is 7.19. The van der Waals surface area contributed by atoms with Crippen LogP contribution in [-0.2, 0) is 5.60 Å². The lowest BCUT2D eigenvalue weighted by molar-refractivity contribution is 0.126. The smallest absolute Gasteiger partial charge is 0.156 e. The van der Waals surface area contributed by atoms with Crippen LogP contribution in [0.5, 0.6) is 0 Å². The average Bonchev–Trinajstić information content (AvgIpc) is 2.61. The molecule has 0 aliphatic carbocycles. The number of thiophene rings is 1. The molecule has 70 valence electrons. The summed E-state index contributed by atoms with van der Waals surface area (Å²) in [7, 11) is 0. The minimum atomic E-state index is -1.15. The van der Waals surface area contributed by atoms with E-state index in [-0.39, 0.29) is 0 Å². The standard InChI is InChI=1S/C12H10OS/c1-3-12(2,13)11-8-9-6-4-5-7-10(9)14-11/h1,4-8,13H,2H3. The first-order valence-electron chi connectivity index (χ1n) is 4.33. The largest absolute Gasteiger partial charge is 0.373 e. The molecule has 0 aliphatic rings. The SMILES string of the molecule is C#CC(C)(O)c1cc2ccccc2s1. The van der Waals surface area contributed by atoms with E-state index < -0.39 is 5.60 Å². The van der Waals surface area contributed by atoms with Gasteiger partial charge >= 0.3 is 0 Å². The molecule has 1 N–H and O–H groups in total. The fraction of sp³-hybridized carbons (Fsp3) is 0.167. The van der Waals surface area contributed by atoms with E-state index in [0.717, 1.165) is 15.0 Å². The minimum absolute atomic E-state index is 0.821. The van der Waals surface area contributed by atoms with Crippen molar-refractivity contribution in [2.24, 2.45) is 0 Å². The van der Waals surface area contributed by atoms with Gasteiger partial charge in [-0.1, -0.05) is 24.1 Å². The molecule has 2 rings (SSSR count). The van der Waals surface area contributed by atoms with Crippen LogP contribution in [0, 0.1) is 12.3 Å². The first-order valence-corrected chi connectivity index (χ1v) is 5.14. The van der Waals surface area contributed by atoms with Crippen LogP contribution in [0.15, 0.2) is 30.3 Å². The van der Waals surface area contributed by atoms with Crippen molar-refractivity contribution < 1.29 is 5.11 Å². The molecular weight excluding hydrogens is 192 g/mol. The maximum Gasteiger partial charge on any atom is 0.156 e. The number of hydrogen-bond donors (Lipinski definition) is 1. The van der Waals surface area contributed by atoms with Gasteiger partial charge in [0.25, 0.3) is 0 Å². The molecule has 0 radical (unpaired) electrons. The van der Waals surface area contributed by atoms with Crippen molar-refractivity contribution in [3.8, 4) is 12.3 Å². The van der Waals surface area contributed by atoms with E-state index >= 15 is 0 Å². The van der Waals surface area contributed by atoms with E-state index in [2.05, 4.69) is 5.92 Å². The van der Waals surface area contributed by atoms with E-state index in [9.17, 15) is 5.11 Å². The molecule has 0 saturated heterocycles. The summed E-state index contributed by atoms with van der Waals surface area (Å²) in [5.74, 6) is 2.38. The van der Waals surface area contributed by atoms with Gasteiger partial charge in [0.1, 0.15) is 0 Å². The highest BCUT2D eigenvalue weighted by atomic mass is 32.1. The normalized spacial score (nSPS) is 14.9. The molecule has 0 bridgehead atoms. The molecule has 1 nitrogen and oxygen atoms in total. The summed E-state index contributed by atoms with van der Waals surface area (Å²) in [6, 6.07) is 9.94. The monoisotopic (exact) mass is 202 g/mol. The van der Waals surface area contributed by atoms with Gasteiger partial charge in [-0.25, -0.2) is 0 Å². The van der Waals surface area contributed by atoms with Gasteiger partial charge in [-0.3, -0.25) is 0 Å². The topological polar surface area (TPSA) is 20.2 Å². The molecule has 1 unspecified atom stereocenters. The number of benzene rings is 1. The summed E-state index contributed by atoms with van der Waals surface area (Å²) in [6.07, 6.45) is 5.27. The van der Waals surface area contributed by atoms with Crippen molar-refractivity contribution in [3.05, 3.63) is 35.2 Å². The van der Waals surface area contributed by atoms with E-state index in [1.54, 1.807) is 6.92 Å². The molecule has 0 fully saturated rings. The summed E-state index contributed by atoms with van der Waals surface area (Å²) in [4.78, 5) is 0.821. The summed E-state index contributed by atoms with van der Waals surface area (Å²) in [5.41, 5.74) is -1.15. The number of terminal acetylenes is 1. The Labute approximate surface area is 87.0 Å². The van der Waals surface area contributed by atoms with Gasteiger partial charge in [0.05, 0.1) is 0 Å². The molecule has 0 saturated carbocycles. The van der Waals surface area contributed by atoms with E-state index in [4.69, 9.17) is 6.42 Å². The van der Waals surface area contributed by atoms with Crippen LogP contribution in [0.25, 0.3) is 10.1 Å². The van der Waals surface area contributed by atoms with Crippen LogP contribution in [0.2, 0.25) is 0 Å². The predicted molar refractivity (Wildman–Crippen MR) is 60.2 cm³/mol. The summed E-state index contributed by atoms with van der Waals surface area (Å²) in [6.45, 7) is 1.64. The van der Waals surface area contributed by atoms with Gasteiger partial charge in [-0.05, 0) is 24.4 Å². The first-order chi connectivity index (χ1) is 6.63. The quantitative estimate of drug-likeness (QED) is 0.705. The second kappa shape index (κ2) is 3.13. The molecule has 1 aromatic heterocycles. The predicted octanol–water partition coefficient (Wildman–Crippen LogP) is 2.74. The summed E-state index contributed by atoms with van der Waals surface area (Å²) >= 11 is 1.54. The van der Waals surface area contributed by atoms with E-state index in [0.29, 0.717) is 0 Å². The van der Waals surface area contributed by atoms with Crippen molar-refractivity contribution in [1.82, 2.24) is 0 Å². The second-order valence-corrected chi connectivity index (χ2v) is 4.45. The Morgan fingerprint density at radius 3 is 2.79 bits per heavy atom. The van der Waals surface area contributed by atoms with Crippen molar-refractivity contribution in [1.29, 1.82) is 0 Å². The number of aliphatic hydroxyl groups is 1. The van der Waals surface area contributed by atoms with Crippen molar-refractivity contribution in [3.63, 3.8) is 0 Å². The molecule has 0 aliphatic heterocycles. The third-order valence-electron chi connectivity index (χ3n) is 2.19. The fourth-order valence-corrected chi connectivity index (χ4v) is 2.36.